The van der Waals surface area contributed by atoms with Crippen molar-refractivity contribution in [1.82, 2.24) is 0 Å². The third-order valence-corrected chi connectivity index (χ3v) is 3.81. The number of anilines is 1. The van der Waals surface area contributed by atoms with Crippen LogP contribution in [0.15, 0.2) is 24.3 Å². The maximum absolute atomic E-state index is 12.9. The van der Waals surface area contributed by atoms with Gasteiger partial charge in [-0.1, -0.05) is 0 Å². The molecular formula is C18H21NO5. The van der Waals surface area contributed by atoms with E-state index in [0.717, 1.165) is 5.56 Å². The van der Waals surface area contributed by atoms with Crippen LogP contribution in [0.5, 0.6) is 23.0 Å². The number of nitrogens with two attached hydrogens (primary N) is 1. The zero-order valence-corrected chi connectivity index (χ0v) is 14.4. The molecule has 2 N–H and O–H groups in total. The van der Waals surface area contributed by atoms with Gasteiger partial charge in [-0.3, -0.25) is 4.79 Å². The predicted octanol–water partition coefficient (Wildman–Crippen LogP) is 2.84. The topological polar surface area (TPSA) is 80.0 Å². The summed E-state index contributed by atoms with van der Waals surface area (Å²) in [4.78, 5) is 12.9. The van der Waals surface area contributed by atoms with Crippen molar-refractivity contribution in [1.29, 1.82) is 0 Å². The van der Waals surface area contributed by atoms with Crippen LogP contribution in [0.1, 0.15) is 21.5 Å². The second-order valence-electron chi connectivity index (χ2n) is 5.13. The lowest BCUT2D eigenvalue weighted by atomic mass is 9.99. The minimum Gasteiger partial charge on any atom is -0.496 e. The SMILES string of the molecule is COc1cc(N)c(C(=O)c2cc(OC)c(C)c(OC)c2)cc1OC. The van der Waals surface area contributed by atoms with Gasteiger partial charge < -0.3 is 24.7 Å². The Labute approximate surface area is 141 Å². The first-order valence-corrected chi connectivity index (χ1v) is 7.25. The van der Waals surface area contributed by atoms with Crippen molar-refractivity contribution in [3.8, 4) is 23.0 Å². The van der Waals surface area contributed by atoms with E-state index < -0.39 is 0 Å². The van der Waals surface area contributed by atoms with Crippen molar-refractivity contribution in [3.05, 3.63) is 41.0 Å². The molecule has 0 radical (unpaired) electrons. The van der Waals surface area contributed by atoms with Gasteiger partial charge in [-0.2, -0.15) is 0 Å². The van der Waals surface area contributed by atoms with E-state index in [1.807, 2.05) is 6.92 Å². The summed E-state index contributed by atoms with van der Waals surface area (Å²) in [5, 5.41) is 0. The maximum Gasteiger partial charge on any atom is 0.195 e. The van der Waals surface area contributed by atoms with Gasteiger partial charge in [-0.15, -0.1) is 0 Å². The lowest BCUT2D eigenvalue weighted by Crippen LogP contribution is -2.08. The highest BCUT2D eigenvalue weighted by molar-refractivity contribution is 6.13. The Bertz CT molecular complexity index is 745. The van der Waals surface area contributed by atoms with E-state index in [4.69, 9.17) is 24.7 Å². The third kappa shape index (κ3) is 3.08. The zero-order chi connectivity index (χ0) is 17.9. The molecule has 0 fully saturated rings. The van der Waals surface area contributed by atoms with Crippen molar-refractivity contribution in [2.45, 2.75) is 6.92 Å². The van der Waals surface area contributed by atoms with Crippen molar-refractivity contribution < 1.29 is 23.7 Å². The van der Waals surface area contributed by atoms with Gasteiger partial charge in [0, 0.05) is 28.4 Å². The molecule has 128 valence electrons. The molecular weight excluding hydrogens is 310 g/mol. The Hall–Kier alpha value is -2.89. The number of carbonyl (C=O) groups excluding carboxylic acids is 1. The number of rotatable bonds is 6. The fraction of sp³-hybridized carbons (Fsp3) is 0.278. The normalized spacial score (nSPS) is 10.2. The number of hydrogen-bond donors (Lipinski definition) is 1. The summed E-state index contributed by atoms with van der Waals surface area (Å²) >= 11 is 0. The molecule has 0 saturated heterocycles. The molecule has 0 saturated carbocycles. The van der Waals surface area contributed by atoms with E-state index in [1.165, 1.54) is 14.2 Å². The Morgan fingerprint density at radius 3 is 1.71 bits per heavy atom. The van der Waals surface area contributed by atoms with Gasteiger partial charge in [-0.25, -0.2) is 0 Å². The summed E-state index contributed by atoms with van der Waals surface area (Å²) in [7, 11) is 6.09. The lowest BCUT2D eigenvalue weighted by Gasteiger charge is -2.14. The van der Waals surface area contributed by atoms with Crippen LogP contribution in [-0.4, -0.2) is 34.2 Å². The van der Waals surface area contributed by atoms with Gasteiger partial charge in [0.2, 0.25) is 0 Å². The molecule has 0 aliphatic rings. The monoisotopic (exact) mass is 331 g/mol. The van der Waals surface area contributed by atoms with E-state index >= 15 is 0 Å². The second kappa shape index (κ2) is 7.12. The summed E-state index contributed by atoms with van der Waals surface area (Å²) in [6.07, 6.45) is 0. The molecule has 0 unspecified atom stereocenters. The molecule has 24 heavy (non-hydrogen) atoms. The largest absolute Gasteiger partial charge is 0.496 e. The third-order valence-electron chi connectivity index (χ3n) is 3.81. The fourth-order valence-electron chi connectivity index (χ4n) is 2.46. The molecule has 0 spiro atoms. The Morgan fingerprint density at radius 2 is 1.25 bits per heavy atom. The molecule has 0 amide bonds. The second-order valence-corrected chi connectivity index (χ2v) is 5.13. The molecule has 2 aromatic rings. The summed E-state index contributed by atoms with van der Waals surface area (Å²) in [6.45, 7) is 1.86. The van der Waals surface area contributed by atoms with Crippen LogP contribution in [0.2, 0.25) is 0 Å². The zero-order valence-electron chi connectivity index (χ0n) is 14.4. The number of hydrogen-bond acceptors (Lipinski definition) is 6. The molecule has 0 atom stereocenters. The minimum absolute atomic E-state index is 0.259. The number of methoxy groups -OCH3 is 4. The predicted molar refractivity (Wildman–Crippen MR) is 91.7 cm³/mol. The molecule has 0 aliphatic carbocycles. The van der Waals surface area contributed by atoms with Gasteiger partial charge >= 0.3 is 0 Å². The molecule has 0 aliphatic heterocycles. The quantitative estimate of drug-likeness (QED) is 0.647. The first-order chi connectivity index (χ1) is 11.5. The van der Waals surface area contributed by atoms with Gasteiger partial charge in [0.25, 0.3) is 0 Å². The van der Waals surface area contributed by atoms with E-state index in [0.29, 0.717) is 39.8 Å². The first-order valence-electron chi connectivity index (χ1n) is 7.25. The number of ketones is 1. The minimum atomic E-state index is -0.259. The summed E-state index contributed by atoms with van der Waals surface area (Å²) in [6, 6.07) is 6.46. The Morgan fingerprint density at radius 1 is 0.792 bits per heavy atom. The molecule has 2 aromatic carbocycles. The summed E-state index contributed by atoms with van der Waals surface area (Å²) < 4.78 is 21.1. The van der Waals surface area contributed by atoms with Crippen LogP contribution >= 0.6 is 0 Å². The molecule has 0 bridgehead atoms. The average Bonchev–Trinajstić information content (AvgIpc) is 2.60. The van der Waals surface area contributed by atoms with E-state index in [1.54, 1.807) is 38.5 Å². The molecule has 2 rings (SSSR count). The fourth-order valence-corrected chi connectivity index (χ4v) is 2.46. The highest BCUT2D eigenvalue weighted by atomic mass is 16.5. The summed E-state index contributed by atoms with van der Waals surface area (Å²) in [5.74, 6) is 1.77. The molecule has 0 aromatic heterocycles. The van der Waals surface area contributed by atoms with Crippen LogP contribution in [0.3, 0.4) is 0 Å². The number of ether oxygens (including phenoxy) is 4. The van der Waals surface area contributed by atoms with E-state index in [9.17, 15) is 4.79 Å². The van der Waals surface area contributed by atoms with Crippen LogP contribution < -0.4 is 24.7 Å². The highest BCUT2D eigenvalue weighted by Crippen LogP contribution is 2.35. The van der Waals surface area contributed by atoms with Gasteiger partial charge in [-0.05, 0) is 25.1 Å². The number of carbonyl (C=O) groups is 1. The Balaban J connectivity index is 2.57. The average molecular weight is 331 g/mol. The van der Waals surface area contributed by atoms with Gasteiger partial charge in [0.05, 0.1) is 28.4 Å². The van der Waals surface area contributed by atoms with Gasteiger partial charge in [0.1, 0.15) is 11.5 Å². The summed E-state index contributed by atoms with van der Waals surface area (Å²) in [5.41, 5.74) is 7.86. The molecule has 6 heteroatoms. The lowest BCUT2D eigenvalue weighted by molar-refractivity contribution is 0.103. The smallest absolute Gasteiger partial charge is 0.195 e. The van der Waals surface area contributed by atoms with Crippen molar-refractivity contribution >= 4 is 11.5 Å². The number of benzene rings is 2. The van der Waals surface area contributed by atoms with Gasteiger partial charge in [0.15, 0.2) is 17.3 Å². The highest BCUT2D eigenvalue weighted by Gasteiger charge is 2.19. The standard InChI is InChI=1S/C18H21NO5/c1-10-14(21-2)6-11(7-15(10)22-3)18(20)12-8-16(23-4)17(24-5)9-13(12)19/h6-9H,19H2,1-5H3. The van der Waals surface area contributed by atoms with Crippen LogP contribution in [0.25, 0.3) is 0 Å². The van der Waals surface area contributed by atoms with E-state index in [-0.39, 0.29) is 5.78 Å². The maximum atomic E-state index is 12.9. The van der Waals surface area contributed by atoms with E-state index in [2.05, 4.69) is 0 Å². The molecule has 6 nitrogen and oxygen atoms in total. The van der Waals surface area contributed by atoms with Crippen molar-refractivity contribution in [3.63, 3.8) is 0 Å². The van der Waals surface area contributed by atoms with Crippen LogP contribution in [0.4, 0.5) is 5.69 Å². The first kappa shape index (κ1) is 17.5. The number of nitrogen functional groups attached to an aromatic ring is 1. The molecule has 0 heterocycles. The van der Waals surface area contributed by atoms with Crippen LogP contribution in [-0.2, 0) is 0 Å². The van der Waals surface area contributed by atoms with Crippen molar-refractivity contribution in [2.24, 2.45) is 0 Å². The van der Waals surface area contributed by atoms with Crippen LogP contribution in [0, 0.1) is 6.92 Å². The van der Waals surface area contributed by atoms with Crippen molar-refractivity contribution in [2.75, 3.05) is 34.2 Å². The Kier molecular flexibility index (Phi) is 5.18.